The van der Waals surface area contributed by atoms with Crippen LogP contribution in [-0.4, -0.2) is 36.9 Å². The van der Waals surface area contributed by atoms with Crippen LogP contribution in [0.25, 0.3) is 0 Å². The topological polar surface area (TPSA) is 3.24 Å². The first-order valence-electron chi connectivity index (χ1n) is 4.02. The van der Waals surface area contributed by atoms with Gasteiger partial charge in [0.25, 0.3) is 0 Å². The van der Waals surface area contributed by atoms with Crippen molar-refractivity contribution in [3.8, 4) is 0 Å². The molecule has 0 unspecified atom stereocenters. The highest BCUT2D eigenvalue weighted by Crippen LogP contribution is 2.33. The van der Waals surface area contributed by atoms with E-state index in [2.05, 4.69) is 0 Å². The SMILES string of the molecule is CCN(CC)B(C(F)(F)F)C(F)(F)F. The molecule has 0 atom stereocenters. The molecule has 8 heteroatoms. The van der Waals surface area contributed by atoms with Crippen LogP contribution in [0.2, 0.25) is 0 Å². The Labute approximate surface area is 78.2 Å². The summed E-state index contributed by atoms with van der Waals surface area (Å²) < 4.78 is 72.5. The van der Waals surface area contributed by atoms with Crippen LogP contribution in [0.5, 0.6) is 0 Å². The second kappa shape index (κ2) is 4.42. The van der Waals surface area contributed by atoms with Crippen molar-refractivity contribution in [1.82, 2.24) is 4.81 Å². The number of hydrogen-bond acceptors (Lipinski definition) is 1. The molecule has 0 aliphatic carbocycles. The monoisotopic (exact) mass is 221 g/mol. The largest absolute Gasteiger partial charge is 0.477 e. The van der Waals surface area contributed by atoms with E-state index in [1.54, 1.807) is 0 Å². The molecular formula is C6H10BF6N. The van der Waals surface area contributed by atoms with E-state index in [4.69, 9.17) is 0 Å². The van der Waals surface area contributed by atoms with E-state index in [1.165, 1.54) is 13.8 Å². The van der Waals surface area contributed by atoms with E-state index in [-0.39, 0.29) is 13.1 Å². The van der Waals surface area contributed by atoms with Crippen molar-refractivity contribution < 1.29 is 26.3 Å². The quantitative estimate of drug-likeness (QED) is 0.522. The predicted molar refractivity (Wildman–Crippen MR) is 40.8 cm³/mol. The maximum atomic E-state index is 12.1. The highest BCUT2D eigenvalue weighted by atomic mass is 19.4. The Morgan fingerprint density at radius 2 is 1.14 bits per heavy atom. The molecule has 1 nitrogen and oxygen atoms in total. The number of rotatable bonds is 3. The molecule has 0 radical (unpaired) electrons. The van der Waals surface area contributed by atoms with Gasteiger partial charge in [0.05, 0.1) is 0 Å². The number of alkyl halides is 6. The van der Waals surface area contributed by atoms with Crippen LogP contribution in [0.1, 0.15) is 13.8 Å². The standard InChI is InChI=1S/C6H10BF6N/c1-3-14(4-2)7(5(8,9)10)6(11,12)13/h3-4H2,1-2H3. The fourth-order valence-electron chi connectivity index (χ4n) is 1.19. The molecule has 0 aliphatic rings. The van der Waals surface area contributed by atoms with Gasteiger partial charge in [0, 0.05) is 0 Å². The summed E-state index contributed by atoms with van der Waals surface area (Å²) in [6.07, 6.45) is -10.5. The highest BCUT2D eigenvalue weighted by Gasteiger charge is 2.64. The maximum Gasteiger partial charge on any atom is 0.477 e. The fourth-order valence-corrected chi connectivity index (χ4v) is 1.19. The van der Waals surface area contributed by atoms with E-state index >= 15 is 0 Å². The van der Waals surface area contributed by atoms with Crippen LogP contribution >= 0.6 is 0 Å². The lowest BCUT2D eigenvalue weighted by Gasteiger charge is -2.29. The molecule has 0 saturated carbocycles. The van der Waals surface area contributed by atoms with E-state index in [0.717, 1.165) is 0 Å². The van der Waals surface area contributed by atoms with Gasteiger partial charge in [0.1, 0.15) is 0 Å². The van der Waals surface area contributed by atoms with Crippen LogP contribution in [-0.2, 0) is 0 Å². The molecule has 0 N–H and O–H groups in total. The third-order valence-electron chi connectivity index (χ3n) is 1.80. The fraction of sp³-hybridized carbons (Fsp3) is 1.00. The third kappa shape index (κ3) is 3.40. The first-order valence-corrected chi connectivity index (χ1v) is 4.02. The molecule has 14 heavy (non-hydrogen) atoms. The summed E-state index contributed by atoms with van der Waals surface area (Å²) >= 11 is 0. The third-order valence-corrected chi connectivity index (χ3v) is 1.80. The lowest BCUT2D eigenvalue weighted by molar-refractivity contribution is -0.115. The van der Waals surface area contributed by atoms with Crippen molar-refractivity contribution in [2.24, 2.45) is 0 Å². The average molecular weight is 221 g/mol. The number of nitrogens with zero attached hydrogens (tertiary/aromatic N) is 1. The van der Waals surface area contributed by atoms with Gasteiger partial charge in [-0.25, -0.2) is 0 Å². The molecule has 0 spiro atoms. The van der Waals surface area contributed by atoms with Gasteiger partial charge in [0.15, 0.2) is 0 Å². The molecule has 0 fully saturated rings. The zero-order chi connectivity index (χ0) is 11.6. The Hall–Kier alpha value is -0.395. The Bertz CT molecular complexity index is 158. The highest BCUT2D eigenvalue weighted by molar-refractivity contribution is 6.60. The van der Waals surface area contributed by atoms with Gasteiger partial charge in [-0.3, -0.25) is 0 Å². The average Bonchev–Trinajstić information content (AvgIpc) is 1.94. The maximum absolute atomic E-state index is 12.1. The molecule has 0 saturated heterocycles. The zero-order valence-electron chi connectivity index (χ0n) is 7.71. The molecule has 0 aromatic carbocycles. The minimum Gasteiger partial charge on any atom is -0.327 e. The summed E-state index contributed by atoms with van der Waals surface area (Å²) in [5.41, 5.74) is 0. The Balaban J connectivity index is 4.91. The van der Waals surface area contributed by atoms with Gasteiger partial charge in [-0.2, -0.15) is 26.3 Å². The predicted octanol–water partition coefficient (Wildman–Crippen LogP) is 2.52. The van der Waals surface area contributed by atoms with Gasteiger partial charge < -0.3 is 4.81 Å². The molecule has 0 aromatic heterocycles. The van der Waals surface area contributed by atoms with Gasteiger partial charge in [-0.15, -0.1) is 0 Å². The minimum atomic E-state index is -5.27. The Morgan fingerprint density at radius 3 is 1.21 bits per heavy atom. The number of hydrogen-bond donors (Lipinski definition) is 0. The van der Waals surface area contributed by atoms with Crippen LogP contribution in [0, 0.1) is 0 Å². The molecule has 84 valence electrons. The van der Waals surface area contributed by atoms with Gasteiger partial charge in [-0.05, 0) is 13.1 Å². The lowest BCUT2D eigenvalue weighted by Crippen LogP contribution is -2.59. The second-order valence-electron chi connectivity index (χ2n) is 2.71. The van der Waals surface area contributed by atoms with E-state index in [1.807, 2.05) is 0 Å². The summed E-state index contributed by atoms with van der Waals surface area (Å²) in [7, 11) is 0. The summed E-state index contributed by atoms with van der Waals surface area (Å²) in [6.45, 7) is -1.42. The van der Waals surface area contributed by atoms with E-state index in [9.17, 15) is 26.3 Å². The van der Waals surface area contributed by atoms with Crippen molar-refractivity contribution in [3.63, 3.8) is 0 Å². The van der Waals surface area contributed by atoms with Crippen molar-refractivity contribution in [3.05, 3.63) is 0 Å². The number of halogens is 6. The molecular weight excluding hydrogens is 211 g/mol. The molecule has 0 rings (SSSR count). The van der Waals surface area contributed by atoms with Crippen molar-refractivity contribution >= 4 is 6.85 Å². The Kier molecular flexibility index (Phi) is 4.29. The molecule has 0 bridgehead atoms. The molecule has 0 aromatic rings. The zero-order valence-corrected chi connectivity index (χ0v) is 7.71. The summed E-state index contributed by atoms with van der Waals surface area (Å²) in [5, 5.41) is 0. The second-order valence-corrected chi connectivity index (χ2v) is 2.71. The van der Waals surface area contributed by atoms with Crippen molar-refractivity contribution in [2.45, 2.75) is 26.0 Å². The first-order chi connectivity index (χ1) is 6.14. The van der Waals surface area contributed by atoms with Gasteiger partial charge in [-0.1, -0.05) is 13.8 Å². The summed E-state index contributed by atoms with van der Waals surface area (Å²) in [4.78, 5) is 0.333. The van der Waals surface area contributed by atoms with Crippen molar-refractivity contribution in [2.75, 3.05) is 13.1 Å². The summed E-state index contributed by atoms with van der Waals surface area (Å²) in [6, 6.07) is 0. The Morgan fingerprint density at radius 1 is 0.857 bits per heavy atom. The molecule has 0 amide bonds. The molecule has 0 heterocycles. The van der Waals surface area contributed by atoms with E-state index < -0.39 is 19.0 Å². The van der Waals surface area contributed by atoms with Gasteiger partial charge >= 0.3 is 19.0 Å². The smallest absolute Gasteiger partial charge is 0.327 e. The first kappa shape index (κ1) is 13.6. The van der Waals surface area contributed by atoms with Crippen LogP contribution in [0.3, 0.4) is 0 Å². The van der Waals surface area contributed by atoms with Crippen LogP contribution in [0.4, 0.5) is 26.3 Å². The van der Waals surface area contributed by atoms with Crippen molar-refractivity contribution in [1.29, 1.82) is 0 Å². The van der Waals surface area contributed by atoms with Crippen LogP contribution in [0.15, 0.2) is 0 Å². The minimum absolute atomic E-state index is 0.291. The lowest BCUT2D eigenvalue weighted by atomic mass is 9.58. The normalized spacial score (nSPS) is 13.5. The summed E-state index contributed by atoms with van der Waals surface area (Å²) in [5.74, 6) is 0. The van der Waals surface area contributed by atoms with E-state index in [0.29, 0.717) is 4.81 Å². The molecule has 0 aliphatic heterocycles. The van der Waals surface area contributed by atoms with Crippen LogP contribution < -0.4 is 0 Å². The van der Waals surface area contributed by atoms with Gasteiger partial charge in [0.2, 0.25) is 0 Å².